The molecule has 2 aromatic heterocycles. The largest absolute Gasteiger partial charge is 0.381 e. The van der Waals surface area contributed by atoms with Crippen LogP contribution in [0.5, 0.6) is 0 Å². The molecule has 6 heteroatoms. The van der Waals surface area contributed by atoms with E-state index < -0.39 is 0 Å². The van der Waals surface area contributed by atoms with Crippen LogP contribution in [0.2, 0.25) is 0 Å². The third-order valence-corrected chi connectivity index (χ3v) is 3.44. The van der Waals surface area contributed by atoms with Gasteiger partial charge >= 0.3 is 0 Å². The van der Waals surface area contributed by atoms with Crippen molar-refractivity contribution in [3.63, 3.8) is 0 Å². The highest BCUT2D eigenvalue weighted by atomic mass is 16.5. The molecular formula is C14H21N5O. The van der Waals surface area contributed by atoms with Gasteiger partial charge in [0.1, 0.15) is 5.82 Å². The number of fused-ring (bicyclic) bond motifs is 1. The molecular weight excluding hydrogens is 254 g/mol. The fourth-order valence-corrected chi connectivity index (χ4v) is 2.09. The van der Waals surface area contributed by atoms with Gasteiger partial charge in [-0.1, -0.05) is 0 Å². The first-order valence-electron chi connectivity index (χ1n) is 7.20. The number of hydrogen-bond acceptors (Lipinski definition) is 5. The quantitative estimate of drug-likeness (QED) is 0.721. The maximum Gasteiger partial charge on any atom is 0.180 e. The SMILES string of the molecule is CNc1cn2ccnc2c(NCCCOCC2CC2)n1. The van der Waals surface area contributed by atoms with Gasteiger partial charge in [0.2, 0.25) is 0 Å². The van der Waals surface area contributed by atoms with Gasteiger partial charge in [-0.25, -0.2) is 9.97 Å². The Bertz CT molecular complexity index is 564. The van der Waals surface area contributed by atoms with Crippen molar-refractivity contribution in [3.8, 4) is 0 Å². The van der Waals surface area contributed by atoms with E-state index in [1.807, 2.05) is 23.8 Å². The number of aromatic nitrogens is 3. The van der Waals surface area contributed by atoms with Gasteiger partial charge in [0.15, 0.2) is 11.5 Å². The van der Waals surface area contributed by atoms with Crippen LogP contribution in [0.15, 0.2) is 18.6 Å². The highest BCUT2D eigenvalue weighted by molar-refractivity contribution is 5.65. The van der Waals surface area contributed by atoms with E-state index in [1.165, 1.54) is 12.8 Å². The molecule has 0 bridgehead atoms. The number of ether oxygens (including phenoxy) is 1. The normalized spacial score (nSPS) is 14.7. The Morgan fingerprint density at radius 2 is 2.35 bits per heavy atom. The van der Waals surface area contributed by atoms with Crippen LogP contribution in [0.1, 0.15) is 19.3 Å². The van der Waals surface area contributed by atoms with Gasteiger partial charge in [-0.05, 0) is 25.2 Å². The van der Waals surface area contributed by atoms with Crippen LogP contribution in [0.4, 0.5) is 11.6 Å². The van der Waals surface area contributed by atoms with Gasteiger partial charge in [0, 0.05) is 39.2 Å². The maximum atomic E-state index is 5.62. The Morgan fingerprint density at radius 1 is 1.45 bits per heavy atom. The minimum absolute atomic E-state index is 0.806. The highest BCUT2D eigenvalue weighted by Gasteiger charge is 2.20. The lowest BCUT2D eigenvalue weighted by molar-refractivity contribution is 0.124. The molecule has 0 spiro atoms. The molecule has 1 aliphatic rings. The second kappa shape index (κ2) is 6.09. The van der Waals surface area contributed by atoms with Crippen LogP contribution >= 0.6 is 0 Å². The molecule has 2 N–H and O–H groups in total. The van der Waals surface area contributed by atoms with Gasteiger partial charge in [-0.3, -0.25) is 0 Å². The van der Waals surface area contributed by atoms with E-state index in [0.29, 0.717) is 0 Å². The summed E-state index contributed by atoms with van der Waals surface area (Å²) in [7, 11) is 1.86. The Labute approximate surface area is 118 Å². The number of nitrogens with one attached hydrogen (secondary N) is 2. The number of hydrogen-bond donors (Lipinski definition) is 2. The molecule has 0 atom stereocenters. The molecule has 20 heavy (non-hydrogen) atoms. The first kappa shape index (κ1) is 13.2. The van der Waals surface area contributed by atoms with Crippen molar-refractivity contribution in [1.82, 2.24) is 14.4 Å². The van der Waals surface area contributed by atoms with E-state index in [1.54, 1.807) is 6.20 Å². The van der Waals surface area contributed by atoms with E-state index in [0.717, 1.165) is 49.4 Å². The first-order valence-corrected chi connectivity index (χ1v) is 7.20. The first-order chi connectivity index (χ1) is 9.86. The zero-order valence-electron chi connectivity index (χ0n) is 11.8. The summed E-state index contributed by atoms with van der Waals surface area (Å²) >= 11 is 0. The van der Waals surface area contributed by atoms with Gasteiger partial charge in [-0.2, -0.15) is 0 Å². The lowest BCUT2D eigenvalue weighted by atomic mass is 10.4. The monoisotopic (exact) mass is 275 g/mol. The second-order valence-corrected chi connectivity index (χ2v) is 5.18. The van der Waals surface area contributed by atoms with E-state index in [9.17, 15) is 0 Å². The van der Waals surface area contributed by atoms with Crippen molar-refractivity contribution >= 4 is 17.3 Å². The minimum Gasteiger partial charge on any atom is -0.381 e. The van der Waals surface area contributed by atoms with Crippen molar-refractivity contribution in [2.75, 3.05) is 37.4 Å². The number of anilines is 2. The summed E-state index contributed by atoms with van der Waals surface area (Å²) < 4.78 is 7.58. The standard InChI is InChI=1S/C14H21N5O/c1-15-12-9-19-7-6-17-14(19)13(18-12)16-5-2-8-20-10-11-3-4-11/h6-7,9,11,15H,2-5,8,10H2,1H3,(H,16,18). The molecule has 108 valence electrons. The van der Waals surface area contributed by atoms with Crippen LogP contribution in [0.3, 0.4) is 0 Å². The third-order valence-electron chi connectivity index (χ3n) is 3.44. The van der Waals surface area contributed by atoms with E-state index in [-0.39, 0.29) is 0 Å². The number of imidazole rings is 1. The van der Waals surface area contributed by atoms with E-state index in [2.05, 4.69) is 20.6 Å². The average Bonchev–Trinajstić information content (AvgIpc) is 3.17. The Balaban J connectivity index is 1.51. The molecule has 0 aromatic carbocycles. The van der Waals surface area contributed by atoms with Crippen molar-refractivity contribution < 1.29 is 4.74 Å². The maximum absolute atomic E-state index is 5.62. The van der Waals surface area contributed by atoms with E-state index >= 15 is 0 Å². The van der Waals surface area contributed by atoms with Crippen LogP contribution in [0, 0.1) is 5.92 Å². The fraction of sp³-hybridized carbons (Fsp3) is 0.571. The molecule has 0 saturated heterocycles. The van der Waals surface area contributed by atoms with Crippen molar-refractivity contribution in [2.45, 2.75) is 19.3 Å². The summed E-state index contributed by atoms with van der Waals surface area (Å²) in [6.07, 6.45) is 9.28. The molecule has 0 radical (unpaired) electrons. The average molecular weight is 275 g/mol. The molecule has 0 unspecified atom stereocenters. The van der Waals surface area contributed by atoms with E-state index in [4.69, 9.17) is 4.74 Å². The lowest BCUT2D eigenvalue weighted by Gasteiger charge is -2.09. The molecule has 1 aliphatic carbocycles. The highest BCUT2D eigenvalue weighted by Crippen LogP contribution is 2.28. The Hall–Kier alpha value is -1.82. The second-order valence-electron chi connectivity index (χ2n) is 5.18. The summed E-state index contributed by atoms with van der Waals surface area (Å²) in [4.78, 5) is 8.82. The zero-order valence-corrected chi connectivity index (χ0v) is 11.8. The topological polar surface area (TPSA) is 63.5 Å². The summed E-state index contributed by atoms with van der Waals surface area (Å²) in [6, 6.07) is 0. The number of nitrogens with zero attached hydrogens (tertiary/aromatic N) is 3. The van der Waals surface area contributed by atoms with Crippen LogP contribution in [-0.4, -0.2) is 41.2 Å². The van der Waals surface area contributed by atoms with Crippen LogP contribution in [0.25, 0.3) is 5.65 Å². The van der Waals surface area contributed by atoms with Crippen LogP contribution < -0.4 is 10.6 Å². The van der Waals surface area contributed by atoms with Gasteiger partial charge < -0.3 is 19.8 Å². The lowest BCUT2D eigenvalue weighted by Crippen LogP contribution is -2.10. The van der Waals surface area contributed by atoms with Crippen LogP contribution in [-0.2, 0) is 4.74 Å². The minimum atomic E-state index is 0.806. The third kappa shape index (κ3) is 3.19. The van der Waals surface area contributed by atoms with Gasteiger partial charge in [-0.15, -0.1) is 0 Å². The zero-order chi connectivity index (χ0) is 13.8. The van der Waals surface area contributed by atoms with Crippen molar-refractivity contribution in [3.05, 3.63) is 18.6 Å². The fourth-order valence-electron chi connectivity index (χ4n) is 2.09. The predicted octanol–water partition coefficient (Wildman–Crippen LogP) is 2.00. The smallest absolute Gasteiger partial charge is 0.180 e. The summed E-state index contributed by atoms with van der Waals surface area (Å²) in [6.45, 7) is 2.57. The van der Waals surface area contributed by atoms with Crippen molar-refractivity contribution in [2.24, 2.45) is 5.92 Å². The molecule has 3 rings (SSSR count). The Morgan fingerprint density at radius 3 is 3.15 bits per heavy atom. The molecule has 2 aromatic rings. The molecule has 1 saturated carbocycles. The molecule has 2 heterocycles. The Kier molecular flexibility index (Phi) is 4.01. The van der Waals surface area contributed by atoms with Gasteiger partial charge in [0.05, 0.1) is 6.20 Å². The van der Waals surface area contributed by atoms with Crippen molar-refractivity contribution in [1.29, 1.82) is 0 Å². The molecule has 0 aliphatic heterocycles. The summed E-state index contributed by atoms with van der Waals surface area (Å²) in [5.74, 6) is 2.47. The van der Waals surface area contributed by atoms with Gasteiger partial charge in [0.25, 0.3) is 0 Å². The number of rotatable bonds is 8. The molecule has 0 amide bonds. The molecule has 1 fully saturated rings. The summed E-state index contributed by atoms with van der Waals surface area (Å²) in [5.41, 5.74) is 0.850. The summed E-state index contributed by atoms with van der Waals surface area (Å²) in [5, 5.41) is 6.39. The molecule has 6 nitrogen and oxygen atoms in total. The predicted molar refractivity (Wildman–Crippen MR) is 79.2 cm³/mol.